The van der Waals surface area contributed by atoms with Crippen LogP contribution >= 0.6 is 0 Å². The van der Waals surface area contributed by atoms with Crippen LogP contribution in [-0.4, -0.2) is 60.4 Å². The molecule has 0 bridgehead atoms. The number of anilines is 2. The summed E-state index contributed by atoms with van der Waals surface area (Å²) < 4.78 is 54.0. The lowest BCUT2D eigenvalue weighted by atomic mass is 10.0. The quantitative estimate of drug-likeness (QED) is 0.241. The number of rotatable bonds is 12. The lowest BCUT2D eigenvalue weighted by molar-refractivity contribution is 0.0919. The molecule has 200 valence electrons. The van der Waals surface area contributed by atoms with Gasteiger partial charge in [-0.15, -0.1) is 0 Å². The van der Waals surface area contributed by atoms with Gasteiger partial charge in [-0.25, -0.2) is 14.4 Å². The summed E-state index contributed by atoms with van der Waals surface area (Å²) in [5.74, 6) is -2.38. The van der Waals surface area contributed by atoms with E-state index in [1.54, 1.807) is 28.8 Å². The molecular formula is C26H27F3N6O3. The summed E-state index contributed by atoms with van der Waals surface area (Å²) in [5.41, 5.74) is 7.43. The third kappa shape index (κ3) is 5.71. The molecule has 4 aromatic rings. The van der Waals surface area contributed by atoms with E-state index in [-0.39, 0.29) is 23.6 Å². The summed E-state index contributed by atoms with van der Waals surface area (Å²) in [6, 6.07) is 7.66. The number of fused-ring (bicyclic) bond motifs is 1. The fourth-order valence-electron chi connectivity index (χ4n) is 3.95. The molecule has 4 N–H and O–H groups in total. The molecule has 0 saturated carbocycles. The van der Waals surface area contributed by atoms with E-state index in [0.717, 1.165) is 0 Å². The number of nitrogens with zero attached hydrogens (tertiary/aromatic N) is 3. The van der Waals surface area contributed by atoms with Crippen LogP contribution < -0.4 is 21.1 Å². The van der Waals surface area contributed by atoms with Crippen LogP contribution in [0.2, 0.25) is 0 Å². The summed E-state index contributed by atoms with van der Waals surface area (Å²) in [4.78, 5) is 21.3. The number of halogens is 3. The van der Waals surface area contributed by atoms with Gasteiger partial charge in [0.05, 0.1) is 38.9 Å². The van der Waals surface area contributed by atoms with Gasteiger partial charge in [-0.05, 0) is 35.9 Å². The number of hydrogen-bond donors (Lipinski definition) is 3. The summed E-state index contributed by atoms with van der Waals surface area (Å²) >= 11 is 0. The smallest absolute Gasteiger partial charge is 0.251 e. The van der Waals surface area contributed by atoms with Gasteiger partial charge in [0.1, 0.15) is 0 Å². The first kappa shape index (κ1) is 26.9. The van der Waals surface area contributed by atoms with Crippen LogP contribution in [-0.2, 0) is 11.2 Å². The third-order valence-corrected chi connectivity index (χ3v) is 5.74. The van der Waals surface area contributed by atoms with Crippen molar-refractivity contribution in [1.29, 1.82) is 0 Å². The number of alkyl halides is 1. The summed E-state index contributed by atoms with van der Waals surface area (Å²) in [6.45, 7) is 0.748. The van der Waals surface area contributed by atoms with Crippen LogP contribution in [0.15, 0.2) is 48.9 Å². The first-order chi connectivity index (χ1) is 18.5. The highest BCUT2D eigenvalue weighted by Crippen LogP contribution is 2.31. The van der Waals surface area contributed by atoms with E-state index in [4.69, 9.17) is 15.2 Å². The molecule has 0 aliphatic carbocycles. The fraction of sp³-hybridized carbons (Fsp3) is 0.269. The maximum atomic E-state index is 14.7. The Kier molecular flexibility index (Phi) is 8.77. The van der Waals surface area contributed by atoms with Crippen LogP contribution in [0.5, 0.6) is 5.75 Å². The maximum Gasteiger partial charge on any atom is 0.251 e. The van der Waals surface area contributed by atoms with Crippen molar-refractivity contribution in [2.75, 3.05) is 45.4 Å². The summed E-state index contributed by atoms with van der Waals surface area (Å²) in [7, 11) is 1.26. The van der Waals surface area contributed by atoms with Gasteiger partial charge in [-0.1, -0.05) is 0 Å². The third-order valence-electron chi connectivity index (χ3n) is 5.74. The Hall–Kier alpha value is -4.16. The van der Waals surface area contributed by atoms with E-state index >= 15 is 0 Å². The van der Waals surface area contributed by atoms with Gasteiger partial charge in [-0.2, -0.15) is 4.39 Å². The normalized spacial score (nSPS) is 11.1. The van der Waals surface area contributed by atoms with Gasteiger partial charge in [0.15, 0.2) is 23.0 Å². The zero-order valence-corrected chi connectivity index (χ0v) is 20.6. The van der Waals surface area contributed by atoms with E-state index in [1.165, 1.54) is 31.6 Å². The Bertz CT molecular complexity index is 1430. The first-order valence-corrected chi connectivity index (χ1v) is 11.8. The molecule has 12 heteroatoms. The molecule has 0 atom stereocenters. The van der Waals surface area contributed by atoms with Crippen LogP contribution in [0.3, 0.4) is 0 Å². The molecule has 0 aliphatic heterocycles. The fourth-order valence-corrected chi connectivity index (χ4v) is 3.95. The Morgan fingerprint density at radius 1 is 1.13 bits per heavy atom. The van der Waals surface area contributed by atoms with Crippen molar-refractivity contribution < 1.29 is 27.4 Å². The number of hydrogen-bond acceptors (Lipinski definition) is 7. The number of nitrogens with one attached hydrogen (secondary N) is 2. The minimum atomic E-state index is -1.10. The number of aryl methyl sites for hydroxylation is 1. The molecule has 38 heavy (non-hydrogen) atoms. The van der Waals surface area contributed by atoms with Crippen LogP contribution in [0, 0.1) is 11.6 Å². The lowest BCUT2D eigenvalue weighted by Crippen LogP contribution is -2.28. The number of amides is 1. The van der Waals surface area contributed by atoms with E-state index in [1.807, 2.05) is 0 Å². The second-order valence-corrected chi connectivity index (χ2v) is 8.15. The summed E-state index contributed by atoms with van der Waals surface area (Å²) in [6.07, 6.45) is 4.50. The molecular weight excluding hydrogens is 501 g/mol. The highest BCUT2D eigenvalue weighted by Gasteiger charge is 2.19. The zero-order valence-electron chi connectivity index (χ0n) is 20.6. The van der Waals surface area contributed by atoms with Gasteiger partial charge in [0.25, 0.3) is 5.91 Å². The molecule has 4 rings (SSSR count). The Morgan fingerprint density at radius 3 is 2.74 bits per heavy atom. The monoisotopic (exact) mass is 528 g/mol. The van der Waals surface area contributed by atoms with E-state index in [0.29, 0.717) is 60.3 Å². The molecule has 0 radical (unpaired) electrons. The highest BCUT2D eigenvalue weighted by atomic mass is 19.2. The van der Waals surface area contributed by atoms with Crippen molar-refractivity contribution >= 4 is 23.1 Å². The summed E-state index contributed by atoms with van der Waals surface area (Å²) in [5, 5.41) is 5.86. The van der Waals surface area contributed by atoms with E-state index in [9.17, 15) is 18.0 Å². The number of carbonyl (C=O) groups excluding carboxylic acids is 1. The first-order valence-electron chi connectivity index (χ1n) is 11.8. The minimum Gasteiger partial charge on any atom is -0.494 e. The van der Waals surface area contributed by atoms with Crippen molar-refractivity contribution in [1.82, 2.24) is 19.7 Å². The van der Waals surface area contributed by atoms with Crippen LogP contribution in [0.1, 0.15) is 15.9 Å². The average molecular weight is 529 g/mol. The molecule has 9 nitrogen and oxygen atoms in total. The Balaban J connectivity index is 1.59. The lowest BCUT2D eigenvalue weighted by Gasteiger charge is -2.13. The maximum absolute atomic E-state index is 14.7. The average Bonchev–Trinajstić information content (AvgIpc) is 3.35. The zero-order chi connectivity index (χ0) is 27.1. The number of nitrogens with two attached hydrogens (primary N) is 1. The van der Waals surface area contributed by atoms with Crippen molar-refractivity contribution in [3.8, 4) is 17.0 Å². The van der Waals surface area contributed by atoms with E-state index in [2.05, 4.69) is 20.6 Å². The standard InChI is InChI=1S/C26H27F3N6O3/c1-37-21-5-4-19(22(28)23(21)29)20-15-33-25-24(31-9-11-35(20)25)34-17-2-3-18(16(14-17)6-7-27)26(36)32-10-13-38-12-8-30/h2-5,9,11,14-15H,6-8,10,12-13,30H2,1H3,(H,31,34)(H,32,36). The SMILES string of the molecule is COc1ccc(-c2cnc3c(Nc4ccc(C(=O)NCCOCCN)c(CCF)c4)nccn23)c(F)c1F. The molecule has 0 unspecified atom stereocenters. The number of imidazole rings is 1. The van der Waals surface area contributed by atoms with Crippen molar-refractivity contribution in [2.24, 2.45) is 5.73 Å². The number of aromatic nitrogens is 3. The Labute approximate surface area is 216 Å². The molecule has 0 aliphatic rings. The van der Waals surface area contributed by atoms with Gasteiger partial charge in [0, 0.05) is 48.7 Å². The van der Waals surface area contributed by atoms with Gasteiger partial charge in [0.2, 0.25) is 5.82 Å². The molecule has 2 aromatic carbocycles. The van der Waals surface area contributed by atoms with Crippen LogP contribution in [0.4, 0.5) is 24.7 Å². The molecule has 1 amide bonds. The number of benzene rings is 2. The Morgan fingerprint density at radius 2 is 1.97 bits per heavy atom. The predicted molar refractivity (Wildman–Crippen MR) is 137 cm³/mol. The van der Waals surface area contributed by atoms with Crippen molar-refractivity contribution in [3.05, 3.63) is 71.7 Å². The second kappa shape index (κ2) is 12.4. The van der Waals surface area contributed by atoms with Crippen molar-refractivity contribution in [3.63, 3.8) is 0 Å². The predicted octanol–water partition coefficient (Wildman–Crippen LogP) is 3.64. The minimum absolute atomic E-state index is 0.00183. The molecule has 2 aromatic heterocycles. The number of carbonyl (C=O) groups is 1. The largest absolute Gasteiger partial charge is 0.494 e. The van der Waals surface area contributed by atoms with Gasteiger partial charge < -0.3 is 25.8 Å². The van der Waals surface area contributed by atoms with Crippen LogP contribution in [0.25, 0.3) is 16.9 Å². The van der Waals surface area contributed by atoms with Gasteiger partial charge in [-0.3, -0.25) is 13.6 Å². The molecule has 0 spiro atoms. The number of ether oxygens (including phenoxy) is 2. The molecule has 2 heterocycles. The second-order valence-electron chi connectivity index (χ2n) is 8.15. The van der Waals surface area contributed by atoms with Gasteiger partial charge >= 0.3 is 0 Å². The molecule has 0 saturated heterocycles. The van der Waals surface area contributed by atoms with Crippen molar-refractivity contribution in [2.45, 2.75) is 6.42 Å². The highest BCUT2D eigenvalue weighted by molar-refractivity contribution is 5.96. The number of methoxy groups -OCH3 is 1. The van der Waals surface area contributed by atoms with E-state index < -0.39 is 18.3 Å². The topological polar surface area (TPSA) is 116 Å². The molecule has 0 fully saturated rings.